The van der Waals surface area contributed by atoms with Gasteiger partial charge in [0.05, 0.1) is 5.69 Å². The molecule has 0 fully saturated rings. The second-order valence-electron chi connectivity index (χ2n) is 7.63. The van der Waals surface area contributed by atoms with Crippen LogP contribution >= 0.6 is 11.6 Å². The molecule has 0 aliphatic heterocycles. The lowest BCUT2D eigenvalue weighted by Gasteiger charge is -2.12. The maximum Gasteiger partial charge on any atom is 0.349 e. The Bertz CT molecular complexity index is 1490. The number of carbonyl (C=O) groups excluding carboxylic acids is 1. The summed E-state index contributed by atoms with van der Waals surface area (Å²) in [6.45, 7) is 2.38. The fourth-order valence-corrected chi connectivity index (χ4v) is 3.64. The summed E-state index contributed by atoms with van der Waals surface area (Å²) >= 11 is 5.98. The summed E-state index contributed by atoms with van der Waals surface area (Å²) in [6, 6.07) is 15.0. The third-order valence-electron chi connectivity index (χ3n) is 5.30. The Morgan fingerprint density at radius 2 is 1.97 bits per heavy atom. The minimum Gasteiger partial charge on any atom is -0.503 e. The smallest absolute Gasteiger partial charge is 0.349 e. The van der Waals surface area contributed by atoms with Gasteiger partial charge in [0.2, 0.25) is 5.43 Å². The maximum atomic E-state index is 12.5. The number of nitrogens with one attached hydrogen (secondary N) is 1. The lowest BCUT2D eigenvalue weighted by atomic mass is 10.1. The quantitative estimate of drug-likeness (QED) is 0.391. The molecule has 2 heterocycles. The minimum atomic E-state index is -0.769. The van der Waals surface area contributed by atoms with Crippen LogP contribution in [0.15, 0.2) is 74.8 Å². The van der Waals surface area contributed by atoms with E-state index in [1.807, 2.05) is 12.1 Å². The zero-order valence-electron chi connectivity index (χ0n) is 18.2. The lowest BCUT2D eigenvalue weighted by molar-refractivity contribution is 0.0948. The van der Waals surface area contributed by atoms with Gasteiger partial charge in [-0.1, -0.05) is 23.7 Å². The summed E-state index contributed by atoms with van der Waals surface area (Å²) in [5.41, 5.74) is 0.219. The molecule has 0 bridgehead atoms. The first-order valence-corrected chi connectivity index (χ1v) is 10.8. The van der Waals surface area contributed by atoms with E-state index in [1.54, 1.807) is 41.8 Å². The van der Waals surface area contributed by atoms with Crippen molar-refractivity contribution < 1.29 is 19.1 Å². The van der Waals surface area contributed by atoms with Gasteiger partial charge in [-0.3, -0.25) is 9.59 Å². The SMILES string of the molecule is Cc1c(O)c(=O)ccn1CCNC(=O)c1cc2ccc(OCc3cccc(Cl)c3)cc2oc1=O. The van der Waals surface area contributed by atoms with E-state index >= 15 is 0 Å². The van der Waals surface area contributed by atoms with Crippen LogP contribution in [0.4, 0.5) is 0 Å². The van der Waals surface area contributed by atoms with Crippen molar-refractivity contribution >= 4 is 28.5 Å². The van der Waals surface area contributed by atoms with Crippen LogP contribution in [-0.2, 0) is 13.2 Å². The Balaban J connectivity index is 1.43. The molecule has 1 amide bonds. The third kappa shape index (κ3) is 5.13. The first-order valence-electron chi connectivity index (χ1n) is 10.4. The van der Waals surface area contributed by atoms with E-state index in [0.29, 0.717) is 40.6 Å². The summed E-state index contributed by atoms with van der Waals surface area (Å²) in [5, 5.41) is 13.6. The van der Waals surface area contributed by atoms with Gasteiger partial charge < -0.3 is 24.1 Å². The van der Waals surface area contributed by atoms with Crippen LogP contribution in [0.25, 0.3) is 11.0 Å². The normalized spacial score (nSPS) is 10.9. The van der Waals surface area contributed by atoms with Crippen LogP contribution in [0.2, 0.25) is 5.02 Å². The fourth-order valence-electron chi connectivity index (χ4n) is 3.42. The zero-order chi connectivity index (χ0) is 24.2. The van der Waals surface area contributed by atoms with Gasteiger partial charge >= 0.3 is 5.63 Å². The van der Waals surface area contributed by atoms with Crippen LogP contribution in [0.5, 0.6) is 11.5 Å². The number of aromatic hydroxyl groups is 1. The number of carbonyl (C=O) groups is 1. The molecule has 0 aliphatic rings. The van der Waals surface area contributed by atoms with Gasteiger partial charge in [-0.2, -0.15) is 0 Å². The number of hydrogen-bond acceptors (Lipinski definition) is 6. The molecule has 8 nitrogen and oxygen atoms in total. The maximum absolute atomic E-state index is 12.5. The van der Waals surface area contributed by atoms with E-state index in [1.165, 1.54) is 18.3 Å². The molecule has 0 saturated carbocycles. The average Bonchev–Trinajstić information content (AvgIpc) is 2.82. The van der Waals surface area contributed by atoms with E-state index in [2.05, 4.69) is 5.32 Å². The van der Waals surface area contributed by atoms with Crippen molar-refractivity contribution in [1.82, 2.24) is 9.88 Å². The van der Waals surface area contributed by atoms with Crippen LogP contribution in [0, 0.1) is 6.92 Å². The van der Waals surface area contributed by atoms with Gasteiger partial charge in [0.1, 0.15) is 23.5 Å². The van der Waals surface area contributed by atoms with Crippen LogP contribution < -0.4 is 21.1 Å². The van der Waals surface area contributed by atoms with E-state index in [9.17, 15) is 19.5 Å². The molecule has 2 N–H and O–H groups in total. The number of aromatic nitrogens is 1. The number of hydrogen-bond donors (Lipinski definition) is 2. The van der Waals surface area contributed by atoms with Gasteiger partial charge in [0.25, 0.3) is 5.91 Å². The second kappa shape index (κ2) is 9.84. The number of amides is 1. The molecule has 2 aromatic heterocycles. The van der Waals surface area contributed by atoms with Crippen molar-refractivity contribution in [2.75, 3.05) is 6.54 Å². The number of fused-ring (bicyclic) bond motifs is 1. The minimum absolute atomic E-state index is 0.125. The van der Waals surface area contributed by atoms with Crippen molar-refractivity contribution in [3.8, 4) is 11.5 Å². The molecular weight excluding hydrogens is 460 g/mol. The van der Waals surface area contributed by atoms with Gasteiger partial charge in [-0.25, -0.2) is 4.79 Å². The Morgan fingerprint density at radius 3 is 2.76 bits per heavy atom. The van der Waals surface area contributed by atoms with E-state index in [4.69, 9.17) is 20.8 Å². The number of pyridine rings is 1. The monoisotopic (exact) mass is 480 g/mol. The second-order valence-corrected chi connectivity index (χ2v) is 8.07. The number of benzene rings is 2. The number of ether oxygens (including phenoxy) is 1. The highest BCUT2D eigenvalue weighted by atomic mass is 35.5. The molecule has 0 saturated heterocycles. The molecule has 0 aliphatic carbocycles. The van der Waals surface area contributed by atoms with Gasteiger partial charge in [-0.05, 0) is 42.8 Å². The van der Waals surface area contributed by atoms with Crippen molar-refractivity contribution in [3.05, 3.63) is 103 Å². The first-order chi connectivity index (χ1) is 16.3. The fraction of sp³-hybridized carbons (Fsp3) is 0.160. The molecule has 0 unspecified atom stereocenters. The number of nitrogens with zero attached hydrogens (tertiary/aromatic N) is 1. The molecule has 4 rings (SSSR count). The van der Waals surface area contributed by atoms with E-state index in [-0.39, 0.29) is 17.9 Å². The van der Waals surface area contributed by atoms with Crippen molar-refractivity contribution in [2.24, 2.45) is 0 Å². The number of rotatable bonds is 7. The first kappa shape index (κ1) is 23.1. The standard InChI is InChI=1S/C25H21ClN2O6/c1-15-23(30)21(29)7-9-28(15)10-8-27-24(31)20-12-17-5-6-19(13-22(17)34-25(20)32)33-14-16-3-2-4-18(26)11-16/h2-7,9,11-13,30H,8,10,14H2,1H3,(H,27,31). The summed E-state index contributed by atoms with van der Waals surface area (Å²) in [5.74, 6) is -0.410. The Kier molecular flexibility index (Phi) is 6.70. The molecule has 9 heteroatoms. The third-order valence-corrected chi connectivity index (χ3v) is 5.53. The predicted molar refractivity (Wildman–Crippen MR) is 128 cm³/mol. The van der Waals surface area contributed by atoms with Crippen molar-refractivity contribution in [2.45, 2.75) is 20.1 Å². The largest absolute Gasteiger partial charge is 0.503 e. The highest BCUT2D eigenvalue weighted by Gasteiger charge is 2.14. The zero-order valence-corrected chi connectivity index (χ0v) is 19.0. The molecule has 4 aromatic rings. The molecule has 0 spiro atoms. The molecule has 2 aromatic carbocycles. The summed E-state index contributed by atoms with van der Waals surface area (Å²) in [4.78, 5) is 36.4. The Hall–Kier alpha value is -4.04. The van der Waals surface area contributed by atoms with Gasteiger partial charge in [0.15, 0.2) is 5.75 Å². The molecule has 34 heavy (non-hydrogen) atoms. The summed E-state index contributed by atoms with van der Waals surface area (Å²) in [6.07, 6.45) is 1.53. The predicted octanol–water partition coefficient (Wildman–Crippen LogP) is 3.63. The van der Waals surface area contributed by atoms with Crippen LogP contribution in [0.1, 0.15) is 21.6 Å². The van der Waals surface area contributed by atoms with Gasteiger partial charge in [0, 0.05) is 41.8 Å². The Labute approximate surface area is 199 Å². The molecular formula is C25H21ClN2O6. The Morgan fingerprint density at radius 1 is 1.15 bits per heavy atom. The highest BCUT2D eigenvalue weighted by Crippen LogP contribution is 2.22. The number of halogens is 1. The van der Waals surface area contributed by atoms with E-state index < -0.39 is 17.0 Å². The van der Waals surface area contributed by atoms with Gasteiger partial charge in [-0.15, -0.1) is 0 Å². The van der Waals surface area contributed by atoms with Crippen molar-refractivity contribution in [3.63, 3.8) is 0 Å². The van der Waals surface area contributed by atoms with Crippen molar-refractivity contribution in [1.29, 1.82) is 0 Å². The summed E-state index contributed by atoms with van der Waals surface area (Å²) < 4.78 is 12.7. The molecule has 0 atom stereocenters. The van der Waals surface area contributed by atoms with Crippen LogP contribution in [-0.4, -0.2) is 22.1 Å². The lowest BCUT2D eigenvalue weighted by Crippen LogP contribution is -2.31. The van der Waals surface area contributed by atoms with Crippen LogP contribution in [0.3, 0.4) is 0 Å². The van der Waals surface area contributed by atoms with E-state index in [0.717, 1.165) is 5.56 Å². The summed E-state index contributed by atoms with van der Waals surface area (Å²) in [7, 11) is 0. The molecule has 0 radical (unpaired) electrons. The molecule has 174 valence electrons. The topological polar surface area (TPSA) is 111 Å². The highest BCUT2D eigenvalue weighted by molar-refractivity contribution is 6.30. The average molecular weight is 481 g/mol.